The molecule has 0 fully saturated rings. The first-order valence-electron chi connectivity index (χ1n) is 10.5. The quantitative estimate of drug-likeness (QED) is 0.578. The number of nitrogens with zero attached hydrogens (tertiary/aromatic N) is 4. The summed E-state index contributed by atoms with van der Waals surface area (Å²) in [4.78, 5) is 16.5. The van der Waals surface area contributed by atoms with Gasteiger partial charge in [0.15, 0.2) is 17.3 Å². The van der Waals surface area contributed by atoms with Crippen LogP contribution in [0.2, 0.25) is 0 Å². The van der Waals surface area contributed by atoms with Gasteiger partial charge in [0, 0.05) is 31.8 Å². The van der Waals surface area contributed by atoms with E-state index >= 15 is 0 Å². The normalized spacial score (nSPS) is 12.7. The van der Waals surface area contributed by atoms with Crippen molar-refractivity contribution in [2.75, 3.05) is 6.61 Å². The fraction of sp³-hybridized carbons (Fsp3) is 0.364. The van der Waals surface area contributed by atoms with Crippen LogP contribution in [-0.4, -0.2) is 32.4 Å². The van der Waals surface area contributed by atoms with Crippen LogP contribution in [0.4, 0.5) is 4.79 Å². The first-order chi connectivity index (χ1) is 15.2. The van der Waals surface area contributed by atoms with Crippen LogP contribution in [0.1, 0.15) is 37.0 Å². The predicted molar refractivity (Wildman–Crippen MR) is 114 cm³/mol. The number of hydrogen-bond donors (Lipinski definition) is 2. The van der Waals surface area contributed by atoms with Crippen LogP contribution >= 0.6 is 0 Å². The van der Waals surface area contributed by atoms with Gasteiger partial charge < -0.3 is 24.7 Å². The molecule has 0 bridgehead atoms. The number of hydrogen-bond acceptors (Lipinski definition) is 6. The fourth-order valence-electron chi connectivity index (χ4n) is 3.40. The summed E-state index contributed by atoms with van der Waals surface area (Å²) in [6.45, 7) is 4.10. The van der Waals surface area contributed by atoms with Crippen LogP contribution in [0, 0.1) is 0 Å². The molecule has 0 atom stereocenters. The molecule has 0 radical (unpaired) electrons. The van der Waals surface area contributed by atoms with Gasteiger partial charge in [-0.05, 0) is 37.5 Å². The maximum Gasteiger partial charge on any atom is 0.315 e. The molecule has 4 rings (SSSR count). The minimum Gasteiger partial charge on any atom is -0.490 e. The molecule has 0 spiro atoms. The lowest BCUT2D eigenvalue weighted by Crippen LogP contribution is -2.35. The Labute approximate surface area is 180 Å². The number of carbonyl (C=O) groups is 1. The Morgan fingerprint density at radius 1 is 1.06 bits per heavy atom. The van der Waals surface area contributed by atoms with Crippen molar-refractivity contribution < 1.29 is 14.3 Å². The second-order valence-corrected chi connectivity index (χ2v) is 7.16. The van der Waals surface area contributed by atoms with Crippen molar-refractivity contribution in [3.8, 4) is 17.4 Å². The average molecular weight is 422 g/mol. The van der Waals surface area contributed by atoms with Crippen LogP contribution < -0.4 is 20.1 Å². The molecule has 1 aliphatic rings. The maximum atomic E-state index is 12.1. The monoisotopic (exact) mass is 422 g/mol. The van der Waals surface area contributed by atoms with E-state index in [1.807, 2.05) is 37.3 Å². The molecule has 2 aromatic heterocycles. The molecule has 0 saturated carbocycles. The molecule has 3 aromatic rings. The summed E-state index contributed by atoms with van der Waals surface area (Å²) in [5, 5.41) is 14.0. The number of pyridine rings is 1. The second kappa shape index (κ2) is 9.92. The van der Waals surface area contributed by atoms with Crippen molar-refractivity contribution in [1.82, 2.24) is 30.4 Å². The van der Waals surface area contributed by atoms with Gasteiger partial charge >= 0.3 is 6.03 Å². The Morgan fingerprint density at radius 2 is 1.90 bits per heavy atom. The molecular formula is C22H26N6O3. The van der Waals surface area contributed by atoms with E-state index in [2.05, 4.69) is 30.4 Å². The second-order valence-electron chi connectivity index (χ2n) is 7.16. The van der Waals surface area contributed by atoms with Crippen LogP contribution in [0.15, 0.2) is 42.6 Å². The van der Waals surface area contributed by atoms with Crippen molar-refractivity contribution in [1.29, 1.82) is 0 Å². The lowest BCUT2D eigenvalue weighted by molar-refractivity contribution is 0.239. The zero-order chi connectivity index (χ0) is 21.5. The van der Waals surface area contributed by atoms with Gasteiger partial charge in [0.25, 0.3) is 0 Å². The lowest BCUT2D eigenvalue weighted by atomic mass is 10.2. The van der Waals surface area contributed by atoms with E-state index in [1.54, 1.807) is 12.3 Å². The van der Waals surface area contributed by atoms with E-state index in [-0.39, 0.29) is 6.03 Å². The topological polar surface area (TPSA) is 103 Å². The molecule has 0 saturated heterocycles. The zero-order valence-corrected chi connectivity index (χ0v) is 17.5. The number of urea groups is 1. The minimum atomic E-state index is -0.265. The summed E-state index contributed by atoms with van der Waals surface area (Å²) in [7, 11) is 0. The highest BCUT2D eigenvalue weighted by molar-refractivity contribution is 5.73. The fourth-order valence-corrected chi connectivity index (χ4v) is 3.40. The third-order valence-corrected chi connectivity index (χ3v) is 4.96. The average Bonchev–Trinajstić information content (AvgIpc) is 3.22. The highest BCUT2D eigenvalue weighted by Crippen LogP contribution is 2.30. The Hall–Kier alpha value is -3.62. The van der Waals surface area contributed by atoms with Gasteiger partial charge in [-0.25, -0.2) is 9.78 Å². The lowest BCUT2D eigenvalue weighted by Gasteiger charge is -2.15. The van der Waals surface area contributed by atoms with E-state index < -0.39 is 0 Å². The summed E-state index contributed by atoms with van der Waals surface area (Å²) in [5.74, 6) is 3.53. The maximum absolute atomic E-state index is 12.1. The first-order valence-corrected chi connectivity index (χ1v) is 10.5. The van der Waals surface area contributed by atoms with Crippen molar-refractivity contribution in [3.05, 3.63) is 59.8 Å². The van der Waals surface area contributed by atoms with E-state index in [9.17, 15) is 4.79 Å². The molecule has 1 aliphatic heterocycles. The van der Waals surface area contributed by atoms with Gasteiger partial charge in [-0.3, -0.25) is 0 Å². The highest BCUT2D eigenvalue weighted by atomic mass is 16.5. The minimum absolute atomic E-state index is 0.265. The largest absolute Gasteiger partial charge is 0.490 e. The molecule has 9 heteroatoms. The first kappa shape index (κ1) is 20.6. The van der Waals surface area contributed by atoms with Gasteiger partial charge in [-0.2, -0.15) is 0 Å². The van der Waals surface area contributed by atoms with E-state index in [0.717, 1.165) is 43.0 Å². The van der Waals surface area contributed by atoms with Gasteiger partial charge in [0.1, 0.15) is 5.82 Å². The molecule has 0 unspecified atom stereocenters. The molecule has 31 heavy (non-hydrogen) atoms. The van der Waals surface area contributed by atoms with E-state index in [0.29, 0.717) is 37.1 Å². The number of benzene rings is 1. The summed E-state index contributed by atoms with van der Waals surface area (Å²) in [6.07, 6.45) is 4.88. The molecule has 2 N–H and O–H groups in total. The van der Waals surface area contributed by atoms with Crippen LogP contribution in [0.25, 0.3) is 0 Å². The predicted octanol–water partition coefficient (Wildman–Crippen LogP) is 3.20. The number of ether oxygens (including phenoxy) is 2. The Morgan fingerprint density at radius 3 is 2.71 bits per heavy atom. The van der Waals surface area contributed by atoms with Gasteiger partial charge in [0.2, 0.25) is 5.88 Å². The standard InChI is InChI=1S/C22H26N6O3/c1-2-30-17-7-3-4-8-18(17)31-21-11-10-16(13-23-21)14-24-22(29)25-15-20-27-26-19-9-5-6-12-28(19)20/h3-4,7-8,10-11,13H,2,5-6,9,12,14-15H2,1H3,(H2,24,25,29). The summed E-state index contributed by atoms with van der Waals surface area (Å²) in [5.41, 5.74) is 0.862. The molecule has 2 amide bonds. The molecule has 0 aliphatic carbocycles. The SMILES string of the molecule is CCOc1ccccc1Oc1ccc(CNC(=O)NCc2nnc3n2CCCC3)cn1. The molecule has 1 aromatic carbocycles. The molecular weight excluding hydrogens is 396 g/mol. The number of fused-ring (bicyclic) bond motifs is 1. The van der Waals surface area contributed by atoms with Gasteiger partial charge in [0.05, 0.1) is 13.2 Å². The number of para-hydroxylation sites is 2. The Kier molecular flexibility index (Phi) is 6.61. The third kappa shape index (κ3) is 5.30. The number of amides is 2. The van der Waals surface area contributed by atoms with Gasteiger partial charge in [-0.1, -0.05) is 18.2 Å². The van der Waals surface area contributed by atoms with E-state index in [1.165, 1.54) is 0 Å². The number of nitrogens with one attached hydrogen (secondary N) is 2. The Balaban J connectivity index is 1.26. The highest BCUT2D eigenvalue weighted by Gasteiger charge is 2.16. The van der Waals surface area contributed by atoms with Crippen LogP contribution in [0.5, 0.6) is 17.4 Å². The molecule has 3 heterocycles. The molecule has 162 valence electrons. The molecule has 9 nitrogen and oxygen atoms in total. The number of carbonyl (C=O) groups excluding carboxylic acids is 1. The third-order valence-electron chi connectivity index (χ3n) is 4.96. The zero-order valence-electron chi connectivity index (χ0n) is 17.5. The van der Waals surface area contributed by atoms with Crippen molar-refractivity contribution in [3.63, 3.8) is 0 Å². The Bertz CT molecular complexity index is 1020. The van der Waals surface area contributed by atoms with Gasteiger partial charge in [-0.15, -0.1) is 10.2 Å². The van der Waals surface area contributed by atoms with Crippen LogP contribution in [-0.2, 0) is 26.1 Å². The number of aryl methyl sites for hydroxylation is 1. The summed E-state index contributed by atoms with van der Waals surface area (Å²) < 4.78 is 13.5. The van der Waals surface area contributed by atoms with Crippen molar-refractivity contribution in [2.24, 2.45) is 0 Å². The van der Waals surface area contributed by atoms with Crippen molar-refractivity contribution >= 4 is 6.03 Å². The number of aromatic nitrogens is 4. The van der Waals surface area contributed by atoms with E-state index in [4.69, 9.17) is 9.47 Å². The number of rotatable bonds is 8. The summed E-state index contributed by atoms with van der Waals surface area (Å²) in [6, 6.07) is 10.8. The van der Waals surface area contributed by atoms with Crippen molar-refractivity contribution in [2.45, 2.75) is 45.8 Å². The van der Waals surface area contributed by atoms with Crippen LogP contribution in [0.3, 0.4) is 0 Å². The smallest absolute Gasteiger partial charge is 0.315 e. The summed E-state index contributed by atoms with van der Waals surface area (Å²) >= 11 is 0.